The Bertz CT molecular complexity index is 978. The molecule has 0 spiro atoms. The van der Waals surface area contributed by atoms with E-state index in [4.69, 9.17) is 14.2 Å². The molecule has 0 amide bonds. The summed E-state index contributed by atoms with van der Waals surface area (Å²) in [5.74, 6) is -2.14. The highest BCUT2D eigenvalue weighted by Crippen LogP contribution is 1.94. The number of ether oxygens (including phenoxy) is 3. The maximum Gasteiger partial charge on any atom is 0.336 e. The summed E-state index contributed by atoms with van der Waals surface area (Å²) in [6, 6.07) is 0. The molecular formula is C21H27N3O9. The predicted molar refractivity (Wildman–Crippen MR) is 117 cm³/mol. The zero-order valence-corrected chi connectivity index (χ0v) is 18.9. The summed E-state index contributed by atoms with van der Waals surface area (Å²) in [5, 5.41) is 0. The van der Waals surface area contributed by atoms with E-state index in [0.717, 1.165) is 0 Å². The van der Waals surface area contributed by atoms with Crippen molar-refractivity contribution in [3.05, 3.63) is 67.9 Å². The zero-order valence-electron chi connectivity index (χ0n) is 18.9. The molecule has 0 saturated carbocycles. The summed E-state index contributed by atoms with van der Waals surface area (Å²) in [7, 11) is 0. The first kappa shape index (κ1) is 27.1. The first-order valence-electron chi connectivity index (χ1n) is 9.80. The van der Waals surface area contributed by atoms with Gasteiger partial charge in [-0.1, -0.05) is 19.7 Å². The van der Waals surface area contributed by atoms with Gasteiger partial charge in [-0.05, 0) is 20.8 Å². The van der Waals surface area contributed by atoms with E-state index >= 15 is 0 Å². The molecule has 0 unspecified atom stereocenters. The molecule has 0 atom stereocenters. The summed E-state index contributed by atoms with van der Waals surface area (Å²) in [4.78, 5) is 72.9. The Morgan fingerprint density at radius 1 is 0.576 bits per heavy atom. The molecule has 1 aromatic rings. The van der Waals surface area contributed by atoms with Gasteiger partial charge in [0.25, 0.3) is 0 Å². The molecule has 0 aliphatic carbocycles. The molecule has 1 heterocycles. The first-order valence-corrected chi connectivity index (χ1v) is 9.80. The van der Waals surface area contributed by atoms with Crippen LogP contribution in [0.1, 0.15) is 20.8 Å². The van der Waals surface area contributed by atoms with Crippen LogP contribution in [0, 0.1) is 0 Å². The Kier molecular flexibility index (Phi) is 9.99. The molecule has 0 aliphatic rings. The molecule has 12 nitrogen and oxygen atoms in total. The Morgan fingerprint density at radius 2 is 0.788 bits per heavy atom. The minimum Gasteiger partial charge on any atom is -0.460 e. The van der Waals surface area contributed by atoms with Crippen LogP contribution >= 0.6 is 0 Å². The van der Waals surface area contributed by atoms with Crippen molar-refractivity contribution < 1.29 is 28.6 Å². The minimum absolute atomic E-state index is 0.128. The van der Waals surface area contributed by atoms with Gasteiger partial charge < -0.3 is 14.2 Å². The lowest BCUT2D eigenvalue weighted by Crippen LogP contribution is -2.55. The fourth-order valence-electron chi connectivity index (χ4n) is 2.31. The summed E-state index contributed by atoms with van der Waals surface area (Å²) < 4.78 is 16.8. The van der Waals surface area contributed by atoms with Gasteiger partial charge in [0.15, 0.2) is 0 Å². The van der Waals surface area contributed by atoms with Crippen molar-refractivity contribution in [1.82, 2.24) is 13.7 Å². The molecular weight excluding hydrogens is 438 g/mol. The van der Waals surface area contributed by atoms with Gasteiger partial charge in [0.1, 0.15) is 19.8 Å². The fraction of sp³-hybridized carbons (Fsp3) is 0.429. The van der Waals surface area contributed by atoms with Crippen LogP contribution < -0.4 is 17.1 Å². The molecule has 33 heavy (non-hydrogen) atoms. The molecule has 0 saturated heterocycles. The summed E-state index contributed by atoms with van der Waals surface area (Å²) in [6.07, 6.45) is 0. The lowest BCUT2D eigenvalue weighted by molar-refractivity contribution is -0.140. The van der Waals surface area contributed by atoms with E-state index in [2.05, 4.69) is 19.7 Å². The second-order valence-electron chi connectivity index (χ2n) is 7.05. The third-order valence-corrected chi connectivity index (χ3v) is 4.07. The molecule has 12 heteroatoms. The molecule has 1 rings (SSSR count). The number of carbonyl (C=O) groups excluding carboxylic acids is 3. The van der Waals surface area contributed by atoms with Gasteiger partial charge in [0, 0.05) is 16.7 Å². The summed E-state index contributed by atoms with van der Waals surface area (Å²) in [6.45, 7) is 12.5. The van der Waals surface area contributed by atoms with Crippen LogP contribution in [0.15, 0.2) is 50.8 Å². The van der Waals surface area contributed by atoms with Gasteiger partial charge in [-0.25, -0.2) is 42.5 Å². The van der Waals surface area contributed by atoms with Gasteiger partial charge in [-0.15, -0.1) is 0 Å². The summed E-state index contributed by atoms with van der Waals surface area (Å²) in [5.41, 5.74) is -2.58. The highest BCUT2D eigenvalue weighted by molar-refractivity contribution is 5.87. The number of esters is 3. The maximum absolute atomic E-state index is 12.8. The SMILES string of the molecule is C=C(C)C(=O)OCCn1c(=O)n(CCOC(=O)C(=C)C)c(=O)n(CCOC(=O)C(=C)C)c1=O. The van der Waals surface area contributed by atoms with Gasteiger partial charge >= 0.3 is 35.0 Å². The lowest BCUT2D eigenvalue weighted by Gasteiger charge is -2.14. The third kappa shape index (κ3) is 7.59. The number of rotatable bonds is 12. The standard InChI is InChI=1S/C21H27N3O9/c1-13(2)16(25)31-10-7-22-19(28)23(8-11-32-17(26)14(3)4)21(30)24(20(22)29)9-12-33-18(27)15(5)6/h1,3,5,7-12H2,2,4,6H3. The van der Waals surface area contributed by atoms with E-state index in [-0.39, 0.29) is 56.2 Å². The molecule has 0 aliphatic heterocycles. The monoisotopic (exact) mass is 465 g/mol. The van der Waals surface area contributed by atoms with Crippen molar-refractivity contribution in [2.45, 2.75) is 40.4 Å². The molecule has 0 N–H and O–H groups in total. The van der Waals surface area contributed by atoms with Gasteiger partial charge in [-0.3, -0.25) is 0 Å². The Hall–Kier alpha value is -3.96. The smallest absolute Gasteiger partial charge is 0.336 e. The number of hydrogen-bond acceptors (Lipinski definition) is 9. The highest BCUT2D eigenvalue weighted by atomic mass is 16.5. The van der Waals surface area contributed by atoms with E-state index in [1.165, 1.54) is 20.8 Å². The number of carbonyl (C=O) groups is 3. The van der Waals surface area contributed by atoms with Crippen LogP contribution in [-0.4, -0.2) is 51.4 Å². The van der Waals surface area contributed by atoms with E-state index in [1.54, 1.807) is 0 Å². The average Bonchev–Trinajstić information content (AvgIpc) is 2.74. The average molecular weight is 465 g/mol. The van der Waals surface area contributed by atoms with Gasteiger partial charge in [-0.2, -0.15) is 0 Å². The van der Waals surface area contributed by atoms with Crippen molar-refractivity contribution in [2.75, 3.05) is 19.8 Å². The number of hydrogen-bond donors (Lipinski definition) is 0. The largest absolute Gasteiger partial charge is 0.460 e. The normalized spacial score (nSPS) is 10.3. The molecule has 1 aromatic heterocycles. The van der Waals surface area contributed by atoms with Gasteiger partial charge in [0.2, 0.25) is 0 Å². The molecule has 180 valence electrons. The quantitative estimate of drug-likeness (QED) is 0.227. The maximum atomic E-state index is 12.8. The van der Waals surface area contributed by atoms with Crippen LogP contribution in [0.25, 0.3) is 0 Å². The Balaban J connectivity index is 3.25. The van der Waals surface area contributed by atoms with Crippen molar-refractivity contribution in [3.8, 4) is 0 Å². The zero-order chi connectivity index (χ0) is 25.3. The van der Waals surface area contributed by atoms with Crippen molar-refractivity contribution in [2.24, 2.45) is 0 Å². The van der Waals surface area contributed by atoms with Crippen LogP contribution in [0.5, 0.6) is 0 Å². The first-order chi connectivity index (χ1) is 15.4. The van der Waals surface area contributed by atoms with E-state index in [1.807, 2.05) is 0 Å². The van der Waals surface area contributed by atoms with Crippen LogP contribution in [-0.2, 0) is 48.2 Å². The second-order valence-corrected chi connectivity index (χ2v) is 7.05. The summed E-state index contributed by atoms with van der Waals surface area (Å²) >= 11 is 0. The van der Waals surface area contributed by atoms with Crippen molar-refractivity contribution in [3.63, 3.8) is 0 Å². The van der Waals surface area contributed by atoms with Gasteiger partial charge in [0.05, 0.1) is 19.6 Å². The molecule has 0 aromatic carbocycles. The topological polar surface area (TPSA) is 145 Å². The van der Waals surface area contributed by atoms with Crippen molar-refractivity contribution >= 4 is 17.9 Å². The lowest BCUT2D eigenvalue weighted by atomic mass is 10.4. The molecule has 0 bridgehead atoms. The number of aromatic nitrogens is 3. The van der Waals surface area contributed by atoms with E-state index in [9.17, 15) is 28.8 Å². The second kappa shape index (κ2) is 12.2. The predicted octanol–water partition coefficient (Wildman–Crippen LogP) is -0.470. The van der Waals surface area contributed by atoms with E-state index < -0.39 is 35.0 Å². The van der Waals surface area contributed by atoms with Crippen LogP contribution in [0.4, 0.5) is 0 Å². The minimum atomic E-state index is -0.988. The van der Waals surface area contributed by atoms with Crippen molar-refractivity contribution in [1.29, 1.82) is 0 Å². The molecule has 0 radical (unpaired) electrons. The Morgan fingerprint density at radius 3 is 0.970 bits per heavy atom. The fourth-order valence-corrected chi connectivity index (χ4v) is 2.31. The highest BCUT2D eigenvalue weighted by Gasteiger charge is 2.17. The van der Waals surface area contributed by atoms with Crippen LogP contribution in [0.3, 0.4) is 0 Å². The van der Waals surface area contributed by atoms with E-state index in [0.29, 0.717) is 13.7 Å². The molecule has 0 fully saturated rings. The number of nitrogens with zero attached hydrogens (tertiary/aromatic N) is 3. The van der Waals surface area contributed by atoms with Crippen LogP contribution in [0.2, 0.25) is 0 Å². The Labute approximate surface area is 189 Å². The third-order valence-electron chi connectivity index (χ3n) is 4.07.